The van der Waals surface area contributed by atoms with Gasteiger partial charge >= 0.3 is 0 Å². The number of carbonyl (C=O) groups is 1. The normalized spacial score (nSPS) is 19.1. The Labute approximate surface area is 128 Å². The quantitative estimate of drug-likeness (QED) is 0.930. The van der Waals surface area contributed by atoms with Crippen LogP contribution in [0.1, 0.15) is 30.7 Å². The van der Waals surface area contributed by atoms with Gasteiger partial charge in [-0.1, -0.05) is 18.3 Å². The molecule has 1 N–H and O–H groups in total. The van der Waals surface area contributed by atoms with Gasteiger partial charge in [-0.25, -0.2) is 5.43 Å². The molecule has 5 nitrogen and oxygen atoms in total. The Kier molecular flexibility index (Phi) is 4.67. The smallest absolute Gasteiger partial charge is 0.240 e. The summed E-state index contributed by atoms with van der Waals surface area (Å²) in [6, 6.07) is 0. The Morgan fingerprint density at radius 2 is 2.14 bits per heavy atom. The molecule has 0 fully saturated rings. The number of carbonyl (C=O) groups excluding carboxylic acids is 1. The number of nitrogens with zero attached hydrogens (tertiary/aromatic N) is 1. The van der Waals surface area contributed by atoms with Crippen molar-refractivity contribution in [2.45, 2.75) is 27.2 Å². The van der Waals surface area contributed by atoms with Gasteiger partial charge in [0.05, 0.1) is 24.8 Å². The molecule has 0 bridgehead atoms. The van der Waals surface area contributed by atoms with Gasteiger partial charge in [0.1, 0.15) is 5.75 Å². The Morgan fingerprint density at radius 1 is 1.43 bits per heavy atom. The highest BCUT2D eigenvalue weighted by molar-refractivity contribution is 7.15. The first-order valence-electron chi connectivity index (χ1n) is 6.74. The van der Waals surface area contributed by atoms with Gasteiger partial charge in [-0.3, -0.25) is 4.79 Å². The fourth-order valence-corrected chi connectivity index (χ4v) is 3.37. The number of nitrogens with one attached hydrogen (secondary N) is 1. The lowest BCUT2D eigenvalue weighted by molar-refractivity contribution is -0.121. The van der Waals surface area contributed by atoms with Crippen molar-refractivity contribution in [1.82, 2.24) is 5.43 Å². The molecule has 1 atom stereocenters. The van der Waals surface area contributed by atoms with Crippen LogP contribution in [-0.4, -0.2) is 25.8 Å². The molecule has 1 aliphatic heterocycles. The number of allylic oxidation sites excluding steroid dienone is 2. The number of hydrogen-bond acceptors (Lipinski definition) is 5. The van der Waals surface area contributed by atoms with Gasteiger partial charge in [-0.05, 0) is 25.5 Å². The summed E-state index contributed by atoms with van der Waals surface area (Å²) >= 11 is 1.55. The third kappa shape index (κ3) is 3.10. The second-order valence-electron chi connectivity index (χ2n) is 5.09. The molecule has 1 aromatic rings. The molecule has 0 aromatic carbocycles. The maximum atomic E-state index is 11.3. The fourth-order valence-electron chi connectivity index (χ4n) is 2.31. The number of thiophene rings is 1. The number of amides is 1. The van der Waals surface area contributed by atoms with Crippen LogP contribution in [0.4, 0.5) is 0 Å². The average molecular weight is 308 g/mol. The van der Waals surface area contributed by atoms with Gasteiger partial charge in [-0.2, -0.15) is 5.10 Å². The van der Waals surface area contributed by atoms with Crippen molar-refractivity contribution < 1.29 is 14.3 Å². The van der Waals surface area contributed by atoms with Crippen LogP contribution in [0.3, 0.4) is 0 Å². The van der Waals surface area contributed by atoms with Gasteiger partial charge < -0.3 is 9.47 Å². The predicted molar refractivity (Wildman–Crippen MR) is 85.2 cm³/mol. The minimum atomic E-state index is -0.0384. The highest BCUT2D eigenvalue weighted by Gasteiger charge is 2.21. The van der Waals surface area contributed by atoms with Crippen LogP contribution in [0.25, 0.3) is 5.57 Å². The second-order valence-corrected chi connectivity index (χ2v) is 6.07. The van der Waals surface area contributed by atoms with E-state index in [0.29, 0.717) is 6.42 Å². The van der Waals surface area contributed by atoms with Crippen LogP contribution in [0.15, 0.2) is 11.2 Å². The van der Waals surface area contributed by atoms with E-state index in [2.05, 4.69) is 10.5 Å². The van der Waals surface area contributed by atoms with Crippen molar-refractivity contribution in [3.05, 3.63) is 16.5 Å². The molecule has 1 aliphatic rings. The standard InChI is InChI=1S/C15H20N2O3S/c1-8-7-12(18)17-16-11(8)6-9(2)14-13(19-4)10(3)15(20-5)21-14/h6,8H,7H2,1-5H3,(H,17,18). The van der Waals surface area contributed by atoms with Gasteiger partial charge in [-0.15, -0.1) is 0 Å². The summed E-state index contributed by atoms with van der Waals surface area (Å²) in [6.07, 6.45) is 2.46. The first-order chi connectivity index (χ1) is 9.97. The zero-order valence-corrected chi connectivity index (χ0v) is 13.8. The molecule has 0 aliphatic carbocycles. The molecule has 1 amide bonds. The number of ether oxygens (including phenoxy) is 2. The summed E-state index contributed by atoms with van der Waals surface area (Å²) < 4.78 is 10.9. The lowest BCUT2D eigenvalue weighted by Gasteiger charge is -2.17. The molecule has 0 spiro atoms. The molecule has 0 radical (unpaired) electrons. The minimum Gasteiger partial charge on any atom is -0.495 e. The maximum absolute atomic E-state index is 11.3. The monoisotopic (exact) mass is 308 g/mol. The summed E-state index contributed by atoms with van der Waals surface area (Å²) in [6.45, 7) is 5.99. The van der Waals surface area contributed by atoms with E-state index in [9.17, 15) is 4.79 Å². The molecule has 0 saturated carbocycles. The SMILES string of the molecule is COc1sc(C(C)=CC2=NNC(=O)CC2C)c(OC)c1C. The van der Waals surface area contributed by atoms with Gasteiger partial charge in [0, 0.05) is 17.9 Å². The van der Waals surface area contributed by atoms with Gasteiger partial charge in [0.2, 0.25) is 5.91 Å². The zero-order valence-electron chi connectivity index (χ0n) is 12.9. The molecule has 1 aromatic heterocycles. The van der Waals surface area contributed by atoms with Crippen LogP contribution in [0, 0.1) is 12.8 Å². The molecule has 114 valence electrons. The highest BCUT2D eigenvalue weighted by Crippen LogP contribution is 2.43. The second kappa shape index (κ2) is 6.30. The number of hydrogen-bond donors (Lipinski definition) is 1. The van der Waals surface area contributed by atoms with E-state index < -0.39 is 0 Å². The van der Waals surface area contributed by atoms with E-state index >= 15 is 0 Å². The summed E-state index contributed by atoms with van der Waals surface area (Å²) in [5, 5.41) is 4.98. The third-order valence-corrected chi connectivity index (χ3v) is 4.84. The zero-order chi connectivity index (χ0) is 15.6. The summed E-state index contributed by atoms with van der Waals surface area (Å²) in [4.78, 5) is 12.3. The number of rotatable bonds is 4. The first kappa shape index (κ1) is 15.6. The van der Waals surface area contributed by atoms with Crippen LogP contribution < -0.4 is 14.9 Å². The van der Waals surface area contributed by atoms with Crippen molar-refractivity contribution in [2.24, 2.45) is 11.0 Å². The molecule has 6 heteroatoms. The van der Waals surface area contributed by atoms with E-state index in [1.54, 1.807) is 25.6 Å². The van der Waals surface area contributed by atoms with Crippen molar-refractivity contribution in [2.75, 3.05) is 14.2 Å². The molecular weight excluding hydrogens is 288 g/mol. The highest BCUT2D eigenvalue weighted by atomic mass is 32.1. The molecule has 1 unspecified atom stereocenters. The van der Waals surface area contributed by atoms with Crippen molar-refractivity contribution in [3.8, 4) is 10.8 Å². The third-order valence-electron chi connectivity index (χ3n) is 3.47. The van der Waals surface area contributed by atoms with Gasteiger partial charge in [0.25, 0.3) is 0 Å². The molecule has 2 rings (SSSR count). The molecule has 0 saturated heterocycles. The van der Waals surface area contributed by atoms with Crippen molar-refractivity contribution in [1.29, 1.82) is 0 Å². The average Bonchev–Trinajstić information content (AvgIpc) is 2.78. The van der Waals surface area contributed by atoms with E-state index in [1.165, 1.54) is 0 Å². The van der Waals surface area contributed by atoms with E-state index in [4.69, 9.17) is 9.47 Å². The van der Waals surface area contributed by atoms with Crippen LogP contribution >= 0.6 is 11.3 Å². The van der Waals surface area contributed by atoms with Crippen LogP contribution in [-0.2, 0) is 4.79 Å². The van der Waals surface area contributed by atoms with Crippen molar-refractivity contribution >= 4 is 28.5 Å². The Morgan fingerprint density at radius 3 is 2.71 bits per heavy atom. The van der Waals surface area contributed by atoms with E-state index in [0.717, 1.165) is 32.5 Å². The maximum Gasteiger partial charge on any atom is 0.240 e. The first-order valence-corrected chi connectivity index (χ1v) is 7.56. The lowest BCUT2D eigenvalue weighted by Crippen LogP contribution is -2.30. The number of hydrazone groups is 1. The Balaban J connectivity index is 2.38. The van der Waals surface area contributed by atoms with E-state index in [-0.39, 0.29) is 11.8 Å². The predicted octanol–water partition coefficient (Wildman–Crippen LogP) is 2.99. The molecule has 2 heterocycles. The summed E-state index contributed by atoms with van der Waals surface area (Å²) in [7, 11) is 3.32. The largest absolute Gasteiger partial charge is 0.495 e. The topological polar surface area (TPSA) is 59.9 Å². The summed E-state index contributed by atoms with van der Waals surface area (Å²) in [5.74, 6) is 0.907. The van der Waals surface area contributed by atoms with Crippen LogP contribution in [0.2, 0.25) is 0 Å². The Hall–Kier alpha value is -1.82. The molecular formula is C15H20N2O3S. The van der Waals surface area contributed by atoms with Crippen molar-refractivity contribution in [3.63, 3.8) is 0 Å². The minimum absolute atomic E-state index is 0.0384. The fraction of sp³-hybridized carbons (Fsp3) is 0.467. The van der Waals surface area contributed by atoms with E-state index in [1.807, 2.05) is 26.8 Å². The molecule has 21 heavy (non-hydrogen) atoms. The number of methoxy groups -OCH3 is 2. The summed E-state index contributed by atoms with van der Waals surface area (Å²) in [5.41, 5.74) is 5.45. The van der Waals surface area contributed by atoms with Gasteiger partial charge in [0.15, 0.2) is 5.06 Å². The Bertz CT molecular complexity index is 617. The van der Waals surface area contributed by atoms with Crippen LogP contribution in [0.5, 0.6) is 10.8 Å². The lowest BCUT2D eigenvalue weighted by atomic mass is 9.98.